The van der Waals surface area contributed by atoms with E-state index in [-0.39, 0.29) is 0 Å². The third-order valence-corrected chi connectivity index (χ3v) is 6.26. The van der Waals surface area contributed by atoms with E-state index in [0.29, 0.717) is 13.2 Å². The Hall–Kier alpha value is -1.92. The number of piperidine rings is 1. The summed E-state index contributed by atoms with van der Waals surface area (Å²) in [5.41, 5.74) is 2.56. The van der Waals surface area contributed by atoms with Gasteiger partial charge in [-0.25, -0.2) is 0 Å². The molecule has 176 valence electrons. The average molecular weight is 441 g/mol. The maximum Gasteiger partial charge on any atom is 0.119 e. The lowest BCUT2D eigenvalue weighted by Gasteiger charge is -2.32. The summed E-state index contributed by atoms with van der Waals surface area (Å²) in [6, 6.07) is 18.6. The lowest BCUT2D eigenvalue weighted by atomic mass is 9.92. The number of hydrogen-bond donors (Lipinski definition) is 1. The van der Waals surface area contributed by atoms with Crippen molar-refractivity contribution >= 4 is 0 Å². The van der Waals surface area contributed by atoms with Gasteiger partial charge in [-0.15, -0.1) is 0 Å². The van der Waals surface area contributed by atoms with E-state index >= 15 is 0 Å². The zero-order valence-electron chi connectivity index (χ0n) is 19.8. The summed E-state index contributed by atoms with van der Waals surface area (Å²) in [5, 5.41) is 10.3. The van der Waals surface area contributed by atoms with Crippen LogP contribution in [0.3, 0.4) is 0 Å². The van der Waals surface area contributed by atoms with Gasteiger partial charge in [0.05, 0.1) is 0 Å². The number of aliphatic hydroxyl groups is 1. The van der Waals surface area contributed by atoms with Crippen molar-refractivity contribution in [1.29, 1.82) is 0 Å². The molecule has 0 aliphatic carbocycles. The first-order chi connectivity index (χ1) is 15.6. The molecule has 1 aliphatic heterocycles. The summed E-state index contributed by atoms with van der Waals surface area (Å²) >= 11 is 0. The summed E-state index contributed by atoms with van der Waals surface area (Å²) in [7, 11) is 3.81. The molecule has 0 bridgehead atoms. The van der Waals surface area contributed by atoms with Gasteiger partial charge in [-0.2, -0.15) is 0 Å². The molecule has 2 aromatic rings. The van der Waals surface area contributed by atoms with Crippen molar-refractivity contribution in [2.75, 3.05) is 47.0 Å². The highest BCUT2D eigenvalue weighted by Gasteiger charge is 2.19. The van der Waals surface area contributed by atoms with Crippen LogP contribution in [0.2, 0.25) is 0 Å². The third kappa shape index (κ3) is 8.91. The van der Waals surface area contributed by atoms with E-state index in [0.717, 1.165) is 31.4 Å². The molecule has 0 saturated carbocycles. The Morgan fingerprint density at radius 1 is 1.03 bits per heavy atom. The standard InChI is InChI=1S/C27H40N2O3/c1-28(19-24-7-4-3-5-8-24)21-26(30)22-32-27-12-10-25(11-13-27)20-29-16-14-23(15-17-29)9-6-18-31-2/h3-5,7-8,10-13,23,26,30H,6,9,14-22H2,1-2H3/t26-/m1/s1. The lowest BCUT2D eigenvalue weighted by molar-refractivity contribution is 0.0744. The number of aliphatic hydroxyl groups excluding tert-OH is 1. The van der Waals surface area contributed by atoms with E-state index in [4.69, 9.17) is 9.47 Å². The maximum absolute atomic E-state index is 10.3. The first-order valence-corrected chi connectivity index (χ1v) is 12.0. The maximum atomic E-state index is 10.3. The summed E-state index contributed by atoms with van der Waals surface area (Å²) in [5.74, 6) is 1.67. The number of methoxy groups -OCH3 is 1. The van der Waals surface area contributed by atoms with Crippen LogP contribution < -0.4 is 4.74 Å². The minimum atomic E-state index is -0.520. The van der Waals surface area contributed by atoms with E-state index in [1.54, 1.807) is 7.11 Å². The van der Waals surface area contributed by atoms with Crippen LogP contribution in [0, 0.1) is 5.92 Å². The Morgan fingerprint density at radius 3 is 2.44 bits per heavy atom. The molecule has 2 aromatic carbocycles. The molecule has 5 heteroatoms. The van der Waals surface area contributed by atoms with Crippen molar-refractivity contribution in [3.63, 3.8) is 0 Å². The molecule has 1 aliphatic rings. The summed E-state index contributed by atoms with van der Waals surface area (Å²) < 4.78 is 11.0. The minimum absolute atomic E-state index is 0.301. The number of ether oxygens (including phenoxy) is 2. The monoisotopic (exact) mass is 440 g/mol. The second-order valence-electron chi connectivity index (χ2n) is 9.15. The Labute approximate surface area is 193 Å². The number of likely N-dealkylation sites (tertiary alicyclic amines) is 1. The van der Waals surface area contributed by atoms with E-state index < -0.39 is 6.10 Å². The molecule has 32 heavy (non-hydrogen) atoms. The fourth-order valence-corrected chi connectivity index (χ4v) is 4.46. The molecular weight excluding hydrogens is 400 g/mol. The topological polar surface area (TPSA) is 45.2 Å². The third-order valence-electron chi connectivity index (χ3n) is 6.26. The van der Waals surface area contributed by atoms with Gasteiger partial charge < -0.3 is 14.6 Å². The largest absolute Gasteiger partial charge is 0.491 e. The van der Waals surface area contributed by atoms with Crippen LogP contribution in [-0.2, 0) is 17.8 Å². The highest BCUT2D eigenvalue weighted by Crippen LogP contribution is 2.23. The zero-order valence-corrected chi connectivity index (χ0v) is 19.8. The predicted octanol–water partition coefficient (Wildman–Crippen LogP) is 4.20. The molecule has 1 atom stereocenters. The fourth-order valence-electron chi connectivity index (χ4n) is 4.46. The summed E-state index contributed by atoms with van der Waals surface area (Å²) in [6.45, 7) is 5.94. The quantitative estimate of drug-likeness (QED) is 0.473. The van der Waals surface area contributed by atoms with Crippen LogP contribution in [0.1, 0.15) is 36.8 Å². The Bertz CT molecular complexity index is 745. The van der Waals surface area contributed by atoms with E-state index in [9.17, 15) is 5.11 Å². The average Bonchev–Trinajstić information content (AvgIpc) is 2.80. The van der Waals surface area contributed by atoms with Gasteiger partial charge in [-0.1, -0.05) is 42.5 Å². The lowest BCUT2D eigenvalue weighted by Crippen LogP contribution is -2.33. The number of likely N-dealkylation sites (N-methyl/N-ethyl adjacent to an activating group) is 1. The van der Waals surface area contributed by atoms with Crippen LogP contribution in [-0.4, -0.2) is 68.0 Å². The van der Waals surface area contributed by atoms with E-state index in [1.807, 2.05) is 37.4 Å². The molecule has 0 radical (unpaired) electrons. The molecule has 1 N–H and O–H groups in total. The Balaban J connectivity index is 1.33. The van der Waals surface area contributed by atoms with Gasteiger partial charge in [-0.05, 0) is 75.0 Å². The van der Waals surface area contributed by atoms with Crippen molar-refractivity contribution in [2.45, 2.75) is 44.9 Å². The fraction of sp³-hybridized carbons (Fsp3) is 0.556. The van der Waals surface area contributed by atoms with Gasteiger partial charge in [-0.3, -0.25) is 9.80 Å². The van der Waals surface area contributed by atoms with Gasteiger partial charge >= 0.3 is 0 Å². The molecule has 5 nitrogen and oxygen atoms in total. The summed E-state index contributed by atoms with van der Waals surface area (Å²) in [4.78, 5) is 4.67. The second kappa shape index (κ2) is 13.6. The zero-order chi connectivity index (χ0) is 22.6. The van der Waals surface area contributed by atoms with E-state index in [1.165, 1.54) is 49.9 Å². The van der Waals surface area contributed by atoms with Crippen LogP contribution in [0.5, 0.6) is 5.75 Å². The summed E-state index contributed by atoms with van der Waals surface area (Å²) in [6.07, 6.45) is 4.54. The van der Waals surface area contributed by atoms with Crippen LogP contribution in [0.15, 0.2) is 54.6 Å². The molecule has 1 heterocycles. The molecule has 0 unspecified atom stereocenters. The molecule has 0 aromatic heterocycles. The van der Waals surface area contributed by atoms with Gasteiger partial charge in [0.15, 0.2) is 0 Å². The minimum Gasteiger partial charge on any atom is -0.491 e. The van der Waals surface area contributed by atoms with Crippen molar-refractivity contribution in [3.8, 4) is 5.75 Å². The first kappa shape index (κ1) is 24.7. The second-order valence-corrected chi connectivity index (χ2v) is 9.15. The Morgan fingerprint density at radius 2 is 1.75 bits per heavy atom. The van der Waals surface area contributed by atoms with Crippen molar-refractivity contribution in [2.24, 2.45) is 5.92 Å². The number of nitrogens with zero attached hydrogens (tertiary/aromatic N) is 2. The van der Waals surface area contributed by atoms with Gasteiger partial charge in [0.1, 0.15) is 18.5 Å². The predicted molar refractivity (Wildman–Crippen MR) is 130 cm³/mol. The van der Waals surface area contributed by atoms with Gasteiger partial charge in [0.25, 0.3) is 0 Å². The Kier molecular flexibility index (Phi) is 10.5. The first-order valence-electron chi connectivity index (χ1n) is 12.0. The highest BCUT2D eigenvalue weighted by atomic mass is 16.5. The van der Waals surface area contributed by atoms with Crippen molar-refractivity contribution in [1.82, 2.24) is 9.80 Å². The van der Waals surface area contributed by atoms with Crippen molar-refractivity contribution in [3.05, 3.63) is 65.7 Å². The number of hydrogen-bond acceptors (Lipinski definition) is 5. The van der Waals surface area contributed by atoms with Gasteiger partial charge in [0.2, 0.25) is 0 Å². The molecule has 1 fully saturated rings. The molecule has 1 saturated heterocycles. The van der Waals surface area contributed by atoms with Crippen LogP contribution in [0.25, 0.3) is 0 Å². The highest BCUT2D eigenvalue weighted by molar-refractivity contribution is 5.27. The SMILES string of the molecule is COCCCC1CCN(Cc2ccc(OC[C@H](O)CN(C)Cc3ccccc3)cc2)CC1. The normalized spacial score (nSPS) is 16.4. The van der Waals surface area contributed by atoms with Crippen LogP contribution in [0.4, 0.5) is 0 Å². The van der Waals surface area contributed by atoms with E-state index in [2.05, 4.69) is 34.1 Å². The molecule has 0 spiro atoms. The van der Waals surface area contributed by atoms with Crippen molar-refractivity contribution < 1.29 is 14.6 Å². The molecule has 3 rings (SSSR count). The molecular formula is C27H40N2O3. The van der Waals surface area contributed by atoms with Gasteiger partial charge in [0, 0.05) is 33.4 Å². The smallest absolute Gasteiger partial charge is 0.119 e. The number of benzene rings is 2. The number of rotatable bonds is 13. The van der Waals surface area contributed by atoms with Crippen LogP contribution >= 0.6 is 0 Å². The molecule has 0 amide bonds.